The highest BCUT2D eigenvalue weighted by Crippen LogP contribution is 2.32. The van der Waals surface area contributed by atoms with Crippen molar-refractivity contribution >= 4 is 69.7 Å². The van der Waals surface area contributed by atoms with Gasteiger partial charge in [-0.15, -0.1) is 0 Å². The highest BCUT2D eigenvalue weighted by atomic mass is 35.5. The van der Waals surface area contributed by atoms with E-state index in [2.05, 4.69) is 6.07 Å². The van der Waals surface area contributed by atoms with Gasteiger partial charge in [-0.3, -0.25) is 0 Å². The molecule has 3 aromatic rings. The van der Waals surface area contributed by atoms with Crippen molar-refractivity contribution in [3.05, 3.63) is 96.4 Å². The van der Waals surface area contributed by atoms with Crippen LogP contribution >= 0.6 is 58.0 Å². The maximum absolute atomic E-state index is 9.65. The van der Waals surface area contributed by atoms with Gasteiger partial charge in [0.2, 0.25) is 0 Å². The fourth-order valence-electron chi connectivity index (χ4n) is 2.59. The average molecular weight is 484 g/mol. The van der Waals surface area contributed by atoms with Gasteiger partial charge in [0.1, 0.15) is 12.4 Å². The molecule has 0 fully saturated rings. The first kappa shape index (κ1) is 21.8. The second-order valence-corrected chi connectivity index (χ2v) is 8.12. The summed E-state index contributed by atoms with van der Waals surface area (Å²) in [6.07, 6.45) is 1.67. The molecule has 0 heterocycles. The van der Waals surface area contributed by atoms with Gasteiger partial charge in [-0.25, -0.2) is 0 Å². The van der Waals surface area contributed by atoms with Gasteiger partial charge in [0.15, 0.2) is 0 Å². The van der Waals surface area contributed by atoms with E-state index in [1.807, 2.05) is 0 Å². The van der Waals surface area contributed by atoms with Gasteiger partial charge in [0.25, 0.3) is 0 Å². The van der Waals surface area contributed by atoms with E-state index in [9.17, 15) is 5.26 Å². The summed E-state index contributed by atoms with van der Waals surface area (Å²) in [4.78, 5) is 0. The van der Waals surface area contributed by atoms with Gasteiger partial charge in [0, 0.05) is 36.8 Å². The highest BCUT2D eigenvalue weighted by molar-refractivity contribution is 6.36. The normalized spacial score (nSPS) is 11.2. The minimum Gasteiger partial charge on any atom is -0.488 e. The molecule has 0 aliphatic carbocycles. The second-order valence-electron chi connectivity index (χ2n) is 6.00. The predicted molar refractivity (Wildman–Crippen MR) is 122 cm³/mol. The number of rotatable bonds is 5. The molecular weight excluding hydrogens is 472 g/mol. The van der Waals surface area contributed by atoms with Gasteiger partial charge < -0.3 is 4.74 Å². The van der Waals surface area contributed by atoms with Crippen molar-refractivity contribution in [3.63, 3.8) is 0 Å². The van der Waals surface area contributed by atoms with E-state index in [0.717, 1.165) is 5.56 Å². The quantitative estimate of drug-likeness (QED) is 0.269. The first-order valence-corrected chi connectivity index (χ1v) is 10.2. The Hall–Kier alpha value is -1.86. The minimum atomic E-state index is 0.224. The SMILES string of the molecule is N#C/C(=C\c1cc(Cl)ccc1OCc1ccc(Cl)cc1Cl)c1ccc(Cl)cc1Cl. The molecule has 0 saturated heterocycles. The molecule has 29 heavy (non-hydrogen) atoms. The molecule has 0 unspecified atom stereocenters. The Kier molecular flexibility index (Phi) is 7.35. The fraction of sp³-hybridized carbons (Fsp3) is 0.0455. The molecule has 0 radical (unpaired) electrons. The number of allylic oxidation sites excluding steroid dienone is 1. The third-order valence-electron chi connectivity index (χ3n) is 4.01. The topological polar surface area (TPSA) is 33.0 Å². The van der Waals surface area contributed by atoms with Crippen molar-refractivity contribution in [2.24, 2.45) is 0 Å². The number of benzene rings is 3. The van der Waals surface area contributed by atoms with Gasteiger partial charge in [-0.2, -0.15) is 5.26 Å². The van der Waals surface area contributed by atoms with Crippen LogP contribution in [0.1, 0.15) is 16.7 Å². The molecule has 0 bridgehead atoms. The molecule has 0 aliphatic heterocycles. The van der Waals surface area contributed by atoms with Crippen LogP contribution in [0.3, 0.4) is 0 Å². The van der Waals surface area contributed by atoms with Crippen molar-refractivity contribution in [1.29, 1.82) is 5.26 Å². The monoisotopic (exact) mass is 481 g/mol. The molecule has 0 saturated carbocycles. The van der Waals surface area contributed by atoms with Crippen LogP contribution < -0.4 is 4.74 Å². The second kappa shape index (κ2) is 9.76. The van der Waals surface area contributed by atoms with Crippen molar-refractivity contribution in [2.75, 3.05) is 0 Å². The van der Waals surface area contributed by atoms with Gasteiger partial charge >= 0.3 is 0 Å². The Bertz CT molecular complexity index is 1130. The minimum absolute atomic E-state index is 0.224. The van der Waals surface area contributed by atoms with E-state index < -0.39 is 0 Å². The van der Waals surface area contributed by atoms with Crippen LogP contribution in [0.25, 0.3) is 11.6 Å². The van der Waals surface area contributed by atoms with E-state index in [4.69, 9.17) is 62.7 Å². The van der Waals surface area contributed by atoms with E-state index in [0.29, 0.717) is 47.6 Å². The largest absolute Gasteiger partial charge is 0.488 e. The average Bonchev–Trinajstić information content (AvgIpc) is 2.67. The van der Waals surface area contributed by atoms with E-state index in [-0.39, 0.29) is 6.61 Å². The summed E-state index contributed by atoms with van der Waals surface area (Å²) in [5, 5.41) is 12.1. The summed E-state index contributed by atoms with van der Waals surface area (Å²) in [7, 11) is 0. The zero-order chi connectivity index (χ0) is 21.0. The lowest BCUT2D eigenvalue weighted by Crippen LogP contribution is -1.98. The van der Waals surface area contributed by atoms with Crippen molar-refractivity contribution in [3.8, 4) is 11.8 Å². The molecule has 0 atom stereocenters. The Labute approximate surface area is 193 Å². The maximum Gasteiger partial charge on any atom is 0.127 e. The van der Waals surface area contributed by atoms with Crippen molar-refractivity contribution in [2.45, 2.75) is 6.61 Å². The van der Waals surface area contributed by atoms with Crippen LogP contribution in [0, 0.1) is 11.3 Å². The zero-order valence-electron chi connectivity index (χ0n) is 14.7. The fourth-order valence-corrected chi connectivity index (χ4v) is 3.75. The summed E-state index contributed by atoms with van der Waals surface area (Å²) >= 11 is 30.5. The molecule has 3 rings (SSSR count). The Morgan fingerprint density at radius 2 is 1.45 bits per heavy atom. The molecule has 2 nitrogen and oxygen atoms in total. The standard InChI is InChI=1S/C22H12Cl5NO/c23-16-4-6-22(29-12-13-1-2-17(24)9-20(13)26)14(8-16)7-15(11-28)19-5-3-18(25)10-21(19)27/h1-10H,12H2/b15-7+. The van der Waals surface area contributed by atoms with Crippen molar-refractivity contribution in [1.82, 2.24) is 0 Å². The summed E-state index contributed by atoms with van der Waals surface area (Å²) in [6.45, 7) is 0.224. The van der Waals surface area contributed by atoms with Crippen LogP contribution in [0.15, 0.2) is 54.6 Å². The molecule has 146 valence electrons. The Morgan fingerprint density at radius 3 is 2.10 bits per heavy atom. The third-order valence-corrected chi connectivity index (χ3v) is 5.38. The molecule has 0 amide bonds. The highest BCUT2D eigenvalue weighted by Gasteiger charge is 2.11. The third kappa shape index (κ3) is 5.60. The molecule has 7 heteroatoms. The molecule has 0 N–H and O–H groups in total. The Morgan fingerprint density at radius 1 is 0.828 bits per heavy atom. The summed E-state index contributed by atoms with van der Waals surface area (Å²) in [5.41, 5.74) is 2.32. The molecule has 0 aliphatic rings. The molecule has 3 aromatic carbocycles. The first-order chi connectivity index (χ1) is 13.9. The Balaban J connectivity index is 1.95. The summed E-state index contributed by atoms with van der Waals surface area (Å²) in [5.74, 6) is 0.540. The van der Waals surface area contributed by atoms with Crippen molar-refractivity contribution < 1.29 is 4.74 Å². The van der Waals surface area contributed by atoms with Crippen LogP contribution in [0.4, 0.5) is 0 Å². The predicted octanol–water partition coefficient (Wildman–Crippen LogP) is 8.60. The van der Waals surface area contributed by atoms with Crippen LogP contribution in [0.2, 0.25) is 25.1 Å². The number of nitrogens with zero attached hydrogens (tertiary/aromatic N) is 1. The number of hydrogen-bond donors (Lipinski definition) is 0. The van der Waals surface area contributed by atoms with Gasteiger partial charge in [-0.05, 0) is 48.5 Å². The van der Waals surface area contributed by atoms with Gasteiger partial charge in [-0.1, -0.05) is 70.1 Å². The smallest absolute Gasteiger partial charge is 0.127 e. The lowest BCUT2D eigenvalue weighted by Gasteiger charge is -2.12. The lowest BCUT2D eigenvalue weighted by molar-refractivity contribution is 0.305. The van der Waals surface area contributed by atoms with Crippen LogP contribution in [-0.2, 0) is 6.61 Å². The number of halogens is 5. The first-order valence-electron chi connectivity index (χ1n) is 8.31. The number of nitriles is 1. The van der Waals surface area contributed by atoms with E-state index >= 15 is 0 Å². The number of hydrogen-bond acceptors (Lipinski definition) is 2. The van der Waals surface area contributed by atoms with Crippen LogP contribution in [0.5, 0.6) is 5.75 Å². The van der Waals surface area contributed by atoms with Crippen LogP contribution in [-0.4, -0.2) is 0 Å². The lowest BCUT2D eigenvalue weighted by atomic mass is 10.0. The van der Waals surface area contributed by atoms with Gasteiger partial charge in [0.05, 0.1) is 16.7 Å². The maximum atomic E-state index is 9.65. The zero-order valence-corrected chi connectivity index (χ0v) is 18.5. The summed E-state index contributed by atoms with van der Waals surface area (Å²) < 4.78 is 5.94. The van der Waals surface area contributed by atoms with E-state index in [1.165, 1.54) is 0 Å². The number of ether oxygens (including phenoxy) is 1. The van der Waals surface area contributed by atoms with E-state index in [1.54, 1.807) is 60.7 Å². The summed E-state index contributed by atoms with van der Waals surface area (Å²) in [6, 6.07) is 17.5. The molecule has 0 spiro atoms. The molecular formula is C22H12Cl5NO. The molecule has 0 aromatic heterocycles.